The Hall–Kier alpha value is -2.63. The van der Waals surface area contributed by atoms with E-state index in [-0.39, 0.29) is 31.1 Å². The molecule has 6 heteroatoms. The van der Waals surface area contributed by atoms with E-state index >= 15 is 0 Å². The van der Waals surface area contributed by atoms with Gasteiger partial charge < -0.3 is 14.2 Å². The smallest absolute Gasteiger partial charge is 0.306 e. The molecule has 0 heterocycles. The summed E-state index contributed by atoms with van der Waals surface area (Å²) in [6.07, 6.45) is 59.7. The molecule has 0 fully saturated rings. The molecule has 0 aromatic carbocycles. The second-order valence-electron chi connectivity index (χ2n) is 17.4. The summed E-state index contributed by atoms with van der Waals surface area (Å²) in [7, 11) is 0. The highest BCUT2D eigenvalue weighted by molar-refractivity contribution is 5.71. The van der Waals surface area contributed by atoms with E-state index in [1.807, 2.05) is 0 Å². The monoisotopic (exact) mass is 855 g/mol. The minimum atomic E-state index is -0.780. The first-order valence-electron chi connectivity index (χ1n) is 26.1. The van der Waals surface area contributed by atoms with Crippen LogP contribution in [-0.2, 0) is 28.6 Å². The van der Waals surface area contributed by atoms with Gasteiger partial charge in [0.25, 0.3) is 0 Å². The molecule has 0 amide bonds. The first kappa shape index (κ1) is 58.4. The van der Waals surface area contributed by atoms with Gasteiger partial charge in [0.1, 0.15) is 13.2 Å². The van der Waals surface area contributed by atoms with Gasteiger partial charge in [-0.15, -0.1) is 0 Å². The van der Waals surface area contributed by atoms with Crippen LogP contribution < -0.4 is 0 Å². The number of hydrogen-bond donors (Lipinski definition) is 0. The van der Waals surface area contributed by atoms with Crippen molar-refractivity contribution in [3.05, 3.63) is 48.6 Å². The van der Waals surface area contributed by atoms with Gasteiger partial charge in [-0.3, -0.25) is 14.4 Å². The van der Waals surface area contributed by atoms with Crippen LogP contribution in [-0.4, -0.2) is 37.2 Å². The first-order valence-corrected chi connectivity index (χ1v) is 26.1. The van der Waals surface area contributed by atoms with Gasteiger partial charge in [-0.25, -0.2) is 0 Å². The lowest BCUT2D eigenvalue weighted by Crippen LogP contribution is -2.30. The Morgan fingerprint density at radius 1 is 0.344 bits per heavy atom. The Balaban J connectivity index is 4.25. The molecule has 0 aliphatic carbocycles. The summed E-state index contributed by atoms with van der Waals surface area (Å²) in [5.74, 6) is -0.902. The summed E-state index contributed by atoms with van der Waals surface area (Å²) >= 11 is 0. The van der Waals surface area contributed by atoms with Gasteiger partial charge in [-0.1, -0.05) is 236 Å². The molecule has 354 valence electrons. The van der Waals surface area contributed by atoms with E-state index in [0.717, 1.165) is 96.3 Å². The predicted molar refractivity (Wildman–Crippen MR) is 261 cm³/mol. The normalized spacial score (nSPS) is 12.4. The molecule has 61 heavy (non-hydrogen) atoms. The first-order chi connectivity index (χ1) is 30.0. The molecule has 0 aromatic heterocycles. The Labute approximate surface area is 378 Å². The van der Waals surface area contributed by atoms with E-state index < -0.39 is 6.10 Å². The lowest BCUT2D eigenvalue weighted by atomic mass is 10.0. The Kier molecular flexibility index (Phi) is 47.9. The van der Waals surface area contributed by atoms with Crippen molar-refractivity contribution in [2.75, 3.05) is 13.2 Å². The van der Waals surface area contributed by atoms with Crippen LogP contribution in [0.4, 0.5) is 0 Å². The fourth-order valence-corrected chi connectivity index (χ4v) is 7.43. The third kappa shape index (κ3) is 48.3. The topological polar surface area (TPSA) is 78.9 Å². The van der Waals surface area contributed by atoms with E-state index in [9.17, 15) is 14.4 Å². The number of allylic oxidation sites excluding steroid dienone is 8. The van der Waals surface area contributed by atoms with Gasteiger partial charge in [0.15, 0.2) is 6.10 Å². The Morgan fingerprint density at radius 2 is 0.639 bits per heavy atom. The molecule has 0 aromatic rings. The molecule has 0 aliphatic rings. The predicted octanol–water partition coefficient (Wildman–Crippen LogP) is 17.1. The molecule has 6 nitrogen and oxygen atoms in total. The molecule has 1 atom stereocenters. The number of rotatable bonds is 47. The summed E-state index contributed by atoms with van der Waals surface area (Å²) in [5.41, 5.74) is 0. The minimum absolute atomic E-state index is 0.0801. The standard InChI is InChI=1S/C55H98O6/c1-4-7-10-13-16-18-20-22-24-26-27-29-30-32-34-36-39-42-45-48-54(57)60-51-52(50-59-53(56)47-44-41-38-15-12-9-6-3)61-55(58)49-46-43-40-37-35-33-31-28-25-23-21-19-17-14-11-8-5-2/h8,11,17,19,23,25,31,33,52H,4-7,9-10,12-16,18,20-22,24,26-30,32,34-51H2,1-3H3/b11-8-,19-17-,25-23-,33-31-. The summed E-state index contributed by atoms with van der Waals surface area (Å²) in [6.45, 7) is 6.48. The average Bonchev–Trinajstić information content (AvgIpc) is 3.26. The van der Waals surface area contributed by atoms with Gasteiger partial charge in [-0.05, 0) is 57.8 Å². The third-order valence-corrected chi connectivity index (χ3v) is 11.3. The number of carbonyl (C=O) groups is 3. The zero-order chi connectivity index (χ0) is 44.4. The SMILES string of the molecule is CC/C=C\C/C=C\C/C=C\C/C=C\CCCCCCC(=O)OC(COC(=O)CCCCCCCCC)COC(=O)CCCCCCCCCCCCCCCCCCCCC. The molecule has 0 saturated heterocycles. The van der Waals surface area contributed by atoms with Crippen LogP contribution in [0.5, 0.6) is 0 Å². The summed E-state index contributed by atoms with van der Waals surface area (Å²) < 4.78 is 16.7. The van der Waals surface area contributed by atoms with Crippen LogP contribution in [0, 0.1) is 0 Å². The van der Waals surface area contributed by atoms with Gasteiger partial charge in [0.05, 0.1) is 0 Å². The van der Waals surface area contributed by atoms with E-state index in [2.05, 4.69) is 69.4 Å². The Morgan fingerprint density at radius 3 is 1.00 bits per heavy atom. The van der Waals surface area contributed by atoms with Gasteiger partial charge in [-0.2, -0.15) is 0 Å². The van der Waals surface area contributed by atoms with Crippen molar-refractivity contribution < 1.29 is 28.6 Å². The molecular weight excluding hydrogens is 757 g/mol. The van der Waals surface area contributed by atoms with Crippen molar-refractivity contribution in [1.82, 2.24) is 0 Å². The Bertz CT molecular complexity index is 1070. The largest absolute Gasteiger partial charge is 0.462 e. The summed E-state index contributed by atoms with van der Waals surface area (Å²) in [4.78, 5) is 37.8. The molecule has 0 saturated carbocycles. The number of hydrogen-bond acceptors (Lipinski definition) is 6. The molecule has 0 rings (SSSR count). The minimum Gasteiger partial charge on any atom is -0.462 e. The summed E-state index contributed by atoms with van der Waals surface area (Å²) in [6, 6.07) is 0. The van der Waals surface area contributed by atoms with Crippen LogP contribution in [0.1, 0.15) is 265 Å². The van der Waals surface area contributed by atoms with E-state index in [4.69, 9.17) is 14.2 Å². The van der Waals surface area contributed by atoms with Crippen LogP contribution in [0.2, 0.25) is 0 Å². The molecule has 1 unspecified atom stereocenters. The van der Waals surface area contributed by atoms with Crippen LogP contribution in [0.25, 0.3) is 0 Å². The highest BCUT2D eigenvalue weighted by Gasteiger charge is 2.19. The van der Waals surface area contributed by atoms with Crippen LogP contribution >= 0.6 is 0 Å². The third-order valence-electron chi connectivity index (χ3n) is 11.3. The number of carbonyl (C=O) groups excluding carboxylic acids is 3. The maximum absolute atomic E-state index is 12.8. The van der Waals surface area contributed by atoms with Gasteiger partial charge in [0, 0.05) is 19.3 Å². The van der Waals surface area contributed by atoms with Crippen LogP contribution in [0.3, 0.4) is 0 Å². The molecule has 0 radical (unpaired) electrons. The van der Waals surface area contributed by atoms with E-state index in [1.54, 1.807) is 0 Å². The fourth-order valence-electron chi connectivity index (χ4n) is 7.43. The molecule has 0 aliphatic heterocycles. The zero-order valence-corrected chi connectivity index (χ0v) is 40.4. The van der Waals surface area contributed by atoms with Crippen molar-refractivity contribution in [2.24, 2.45) is 0 Å². The van der Waals surface area contributed by atoms with Gasteiger partial charge >= 0.3 is 17.9 Å². The molecule has 0 N–H and O–H groups in total. The van der Waals surface area contributed by atoms with Crippen molar-refractivity contribution in [3.8, 4) is 0 Å². The molecule has 0 spiro atoms. The number of unbranched alkanes of at least 4 members (excludes halogenated alkanes) is 28. The maximum atomic E-state index is 12.8. The quantitative estimate of drug-likeness (QED) is 0.0263. The fraction of sp³-hybridized carbons (Fsp3) is 0.800. The van der Waals surface area contributed by atoms with Gasteiger partial charge in [0.2, 0.25) is 0 Å². The van der Waals surface area contributed by atoms with Crippen LogP contribution in [0.15, 0.2) is 48.6 Å². The lowest BCUT2D eigenvalue weighted by molar-refractivity contribution is -0.167. The highest BCUT2D eigenvalue weighted by atomic mass is 16.6. The lowest BCUT2D eigenvalue weighted by Gasteiger charge is -2.18. The highest BCUT2D eigenvalue weighted by Crippen LogP contribution is 2.16. The average molecular weight is 855 g/mol. The second kappa shape index (κ2) is 50.0. The number of ether oxygens (including phenoxy) is 3. The van der Waals surface area contributed by atoms with E-state index in [1.165, 1.54) is 128 Å². The van der Waals surface area contributed by atoms with E-state index in [0.29, 0.717) is 19.3 Å². The maximum Gasteiger partial charge on any atom is 0.306 e. The van der Waals surface area contributed by atoms with Crippen molar-refractivity contribution in [3.63, 3.8) is 0 Å². The second-order valence-corrected chi connectivity index (χ2v) is 17.4. The van der Waals surface area contributed by atoms with Crippen molar-refractivity contribution in [1.29, 1.82) is 0 Å². The molecule has 0 bridgehead atoms. The zero-order valence-electron chi connectivity index (χ0n) is 40.4. The number of esters is 3. The van der Waals surface area contributed by atoms with Crippen molar-refractivity contribution >= 4 is 17.9 Å². The van der Waals surface area contributed by atoms with Crippen molar-refractivity contribution in [2.45, 2.75) is 271 Å². The molecular formula is C55H98O6. The summed E-state index contributed by atoms with van der Waals surface area (Å²) in [5, 5.41) is 0.